The fraction of sp³-hybridized carbons (Fsp3) is 0.200. The van der Waals surface area contributed by atoms with Crippen LogP contribution in [0.4, 0.5) is 14.9 Å². The lowest BCUT2D eigenvalue weighted by molar-refractivity contribution is 0.0827. The number of carbonyl (C=O) groups is 1. The van der Waals surface area contributed by atoms with Crippen LogP contribution in [0, 0.1) is 12.7 Å². The van der Waals surface area contributed by atoms with Crippen LogP contribution in [-0.4, -0.2) is 50.8 Å². The summed E-state index contributed by atoms with van der Waals surface area (Å²) in [6.07, 6.45) is 3.28. The normalized spacial score (nSPS) is 11.9. The molecule has 0 aliphatic carbocycles. The predicted octanol–water partition coefficient (Wildman–Crippen LogP) is 5.17. The second kappa shape index (κ2) is 10.3. The maximum atomic E-state index is 14.7. The second-order valence-corrected chi connectivity index (χ2v) is 9.08. The highest BCUT2D eigenvalue weighted by molar-refractivity contribution is 7.21. The molecule has 1 aromatic carbocycles. The molecule has 0 bridgehead atoms. The smallest absolute Gasteiger partial charge is 0.412 e. The number of amides is 1. The van der Waals surface area contributed by atoms with Gasteiger partial charge in [-0.3, -0.25) is 10.3 Å². The van der Waals surface area contributed by atoms with Crippen LogP contribution in [0.15, 0.2) is 48.9 Å². The van der Waals surface area contributed by atoms with E-state index >= 15 is 0 Å². The topological polar surface area (TPSA) is 121 Å². The average Bonchev–Trinajstić information content (AvgIpc) is 3.29. The van der Waals surface area contributed by atoms with E-state index in [4.69, 9.17) is 14.2 Å². The Morgan fingerprint density at radius 3 is 2.81 bits per heavy atom. The Morgan fingerprint density at radius 1 is 1.16 bits per heavy atom. The third kappa shape index (κ3) is 5.38. The van der Waals surface area contributed by atoms with Crippen molar-refractivity contribution in [2.24, 2.45) is 0 Å². The fourth-order valence-corrected chi connectivity index (χ4v) is 4.48. The summed E-state index contributed by atoms with van der Waals surface area (Å²) in [5, 5.41) is 3.18. The zero-order chi connectivity index (χ0) is 25.9. The van der Waals surface area contributed by atoms with Gasteiger partial charge < -0.3 is 14.2 Å². The van der Waals surface area contributed by atoms with Crippen molar-refractivity contribution >= 4 is 44.5 Å². The predicted molar refractivity (Wildman–Crippen MR) is 136 cm³/mol. The summed E-state index contributed by atoms with van der Waals surface area (Å²) < 4.78 is 30.7. The molecule has 4 heterocycles. The number of benzene rings is 1. The number of carbonyl (C=O) groups excluding carboxylic acids is 1. The molecule has 4 aromatic heterocycles. The van der Waals surface area contributed by atoms with Gasteiger partial charge >= 0.3 is 6.09 Å². The first-order valence-electron chi connectivity index (χ1n) is 11.2. The number of fused-ring (bicyclic) bond motifs is 2. The Labute approximate surface area is 214 Å². The van der Waals surface area contributed by atoms with Crippen LogP contribution in [0.5, 0.6) is 11.8 Å². The molecule has 0 aliphatic rings. The molecule has 0 radical (unpaired) electrons. The Morgan fingerprint density at radius 2 is 2.03 bits per heavy atom. The Kier molecular flexibility index (Phi) is 6.73. The van der Waals surface area contributed by atoms with Crippen molar-refractivity contribution in [1.29, 1.82) is 0 Å². The number of halogens is 1. The Hall–Kier alpha value is -4.45. The Bertz CT molecular complexity index is 1600. The molecule has 188 valence electrons. The second-order valence-electron chi connectivity index (χ2n) is 8.10. The van der Waals surface area contributed by atoms with E-state index in [9.17, 15) is 9.18 Å². The molecule has 5 aromatic rings. The van der Waals surface area contributed by atoms with Crippen molar-refractivity contribution in [1.82, 2.24) is 24.9 Å². The molecule has 0 saturated carbocycles. The van der Waals surface area contributed by atoms with Crippen LogP contribution >= 0.6 is 11.3 Å². The first kappa shape index (κ1) is 24.3. The number of rotatable bonds is 7. The number of hydrogen-bond donors (Lipinski definition) is 1. The highest BCUT2D eigenvalue weighted by Gasteiger charge is 2.18. The molecule has 12 heteroatoms. The first-order chi connectivity index (χ1) is 17.9. The summed E-state index contributed by atoms with van der Waals surface area (Å²) in [5.74, 6) is -0.467. The number of aryl methyl sites for hydroxylation is 1. The lowest BCUT2D eigenvalue weighted by Gasteiger charge is -2.14. The summed E-state index contributed by atoms with van der Waals surface area (Å²) >= 11 is 1.28. The molecule has 10 nitrogen and oxygen atoms in total. The molecule has 0 saturated heterocycles. The molecule has 0 unspecified atom stereocenters. The number of nitrogens with one attached hydrogen (secondary N) is 1. The van der Waals surface area contributed by atoms with Gasteiger partial charge in [0, 0.05) is 17.8 Å². The molecular weight excluding hydrogens is 499 g/mol. The Balaban J connectivity index is 1.33. The number of hydrogen-bond acceptors (Lipinski definition) is 10. The van der Waals surface area contributed by atoms with Gasteiger partial charge in [-0.1, -0.05) is 11.3 Å². The van der Waals surface area contributed by atoms with Crippen molar-refractivity contribution in [2.75, 3.05) is 19.0 Å². The quantitative estimate of drug-likeness (QED) is 0.310. The van der Waals surface area contributed by atoms with Crippen molar-refractivity contribution in [2.45, 2.75) is 20.0 Å². The lowest BCUT2D eigenvalue weighted by atomic mass is 10.1. The summed E-state index contributed by atoms with van der Waals surface area (Å²) in [7, 11) is 1.53. The molecule has 1 amide bonds. The molecule has 0 spiro atoms. The van der Waals surface area contributed by atoms with Gasteiger partial charge in [0.1, 0.15) is 28.1 Å². The van der Waals surface area contributed by atoms with Crippen LogP contribution < -0.4 is 14.8 Å². The van der Waals surface area contributed by atoms with E-state index in [2.05, 4.69) is 30.2 Å². The van der Waals surface area contributed by atoms with E-state index in [-0.39, 0.29) is 12.5 Å². The summed E-state index contributed by atoms with van der Waals surface area (Å²) in [4.78, 5) is 34.3. The monoisotopic (exact) mass is 520 g/mol. The molecule has 37 heavy (non-hydrogen) atoms. The van der Waals surface area contributed by atoms with Crippen molar-refractivity contribution in [3.05, 3.63) is 60.3 Å². The molecule has 1 N–H and O–H groups in total. The molecular formula is C25H21FN6O4S. The van der Waals surface area contributed by atoms with Gasteiger partial charge in [0.2, 0.25) is 5.88 Å². The minimum Gasteiger partial charge on any atom is -0.480 e. The van der Waals surface area contributed by atoms with E-state index in [0.29, 0.717) is 38.0 Å². The number of methoxy groups -OCH3 is 1. The zero-order valence-electron chi connectivity index (χ0n) is 20.1. The van der Waals surface area contributed by atoms with Crippen molar-refractivity contribution in [3.8, 4) is 22.3 Å². The maximum absolute atomic E-state index is 14.7. The number of nitrogens with zero attached hydrogens (tertiary/aromatic N) is 5. The van der Waals surface area contributed by atoms with Gasteiger partial charge in [0.25, 0.3) is 5.88 Å². The third-order valence-electron chi connectivity index (χ3n) is 5.18. The van der Waals surface area contributed by atoms with Gasteiger partial charge in [-0.05, 0) is 43.7 Å². The zero-order valence-corrected chi connectivity index (χ0v) is 20.9. The molecule has 1 atom stereocenters. The minimum atomic E-state index is -0.675. The largest absolute Gasteiger partial charge is 0.480 e. The summed E-state index contributed by atoms with van der Waals surface area (Å²) in [6, 6.07) is 8.49. The van der Waals surface area contributed by atoms with Crippen molar-refractivity contribution < 1.29 is 23.4 Å². The number of ether oxygens (including phenoxy) is 3. The highest BCUT2D eigenvalue weighted by atomic mass is 32.1. The minimum absolute atomic E-state index is 0.0957. The number of anilines is 1. The van der Waals surface area contributed by atoms with Gasteiger partial charge in [0.15, 0.2) is 5.82 Å². The number of thiazole rings is 1. The van der Waals surface area contributed by atoms with E-state index < -0.39 is 18.0 Å². The van der Waals surface area contributed by atoms with Gasteiger partial charge in [-0.15, -0.1) is 0 Å². The van der Waals surface area contributed by atoms with E-state index in [0.717, 1.165) is 11.1 Å². The van der Waals surface area contributed by atoms with Gasteiger partial charge in [0.05, 0.1) is 36.2 Å². The molecule has 0 aliphatic heterocycles. The van der Waals surface area contributed by atoms with Crippen molar-refractivity contribution in [3.63, 3.8) is 0 Å². The lowest BCUT2D eigenvalue weighted by Crippen LogP contribution is -2.25. The first-order valence-corrected chi connectivity index (χ1v) is 12.0. The molecule has 0 fully saturated rings. The van der Waals surface area contributed by atoms with E-state index in [1.165, 1.54) is 30.7 Å². The average molecular weight is 521 g/mol. The van der Waals surface area contributed by atoms with E-state index in [1.54, 1.807) is 31.5 Å². The van der Waals surface area contributed by atoms with E-state index in [1.807, 2.05) is 19.1 Å². The van der Waals surface area contributed by atoms with Crippen LogP contribution in [0.3, 0.4) is 0 Å². The van der Waals surface area contributed by atoms with Gasteiger partial charge in [-0.2, -0.15) is 4.98 Å². The van der Waals surface area contributed by atoms with Crippen LogP contribution in [0.1, 0.15) is 12.5 Å². The summed E-state index contributed by atoms with van der Waals surface area (Å²) in [5.41, 5.74) is 3.93. The summed E-state index contributed by atoms with van der Waals surface area (Å²) in [6.45, 7) is 3.48. The SMILES string of the molecule is COc1cnc2c(-c3nc4cc(F)c(OC[C@@H](C)OC(=O)Nc5cccnc5)nc4s3)cc(C)cc2n1. The molecule has 5 rings (SSSR count). The van der Waals surface area contributed by atoms with Crippen LogP contribution in [0.2, 0.25) is 0 Å². The van der Waals surface area contributed by atoms with Crippen LogP contribution in [0.25, 0.3) is 32.0 Å². The maximum Gasteiger partial charge on any atom is 0.412 e. The highest BCUT2D eigenvalue weighted by Crippen LogP contribution is 2.35. The number of aromatic nitrogens is 5. The standard InChI is InChI=1S/C25H21FN6O4S/c1-13-7-16(21-18(8-13)30-20(34-3)11-28-21)23-31-19-9-17(26)22(32-24(19)37-23)35-12-14(2)36-25(33)29-15-5-4-6-27-10-15/h4-11,14H,12H2,1-3H3,(H,29,33)/t14-/m1/s1. The number of pyridine rings is 2. The third-order valence-corrected chi connectivity index (χ3v) is 6.18. The fourth-order valence-electron chi connectivity index (χ4n) is 3.55. The van der Waals surface area contributed by atoms with Crippen LogP contribution in [-0.2, 0) is 4.74 Å². The van der Waals surface area contributed by atoms with Gasteiger partial charge in [-0.25, -0.2) is 24.1 Å².